The van der Waals surface area contributed by atoms with Crippen molar-refractivity contribution < 1.29 is 13.9 Å². The lowest BCUT2D eigenvalue weighted by Gasteiger charge is -2.32. The van der Waals surface area contributed by atoms with Gasteiger partial charge in [0.1, 0.15) is 18.2 Å². The van der Waals surface area contributed by atoms with Crippen LogP contribution in [0.4, 0.5) is 4.39 Å². The number of hydrogen-bond donors (Lipinski definition) is 1. The molecule has 1 rings (SSSR count). The van der Waals surface area contributed by atoms with Gasteiger partial charge in [-0.3, -0.25) is 0 Å². The standard InChI is InChI=1S/C14H22FNO2/c1-10-8-11(6-7-12(10)15)18-9-13(16-4)14(2,3)17-5/h6-8,13,16H,9H2,1-5H3. The fraction of sp³-hybridized carbons (Fsp3) is 0.571. The highest BCUT2D eigenvalue weighted by molar-refractivity contribution is 5.28. The van der Waals surface area contributed by atoms with Crippen molar-refractivity contribution in [3.8, 4) is 5.75 Å². The van der Waals surface area contributed by atoms with Crippen LogP contribution in [0, 0.1) is 12.7 Å². The van der Waals surface area contributed by atoms with Gasteiger partial charge in [0.15, 0.2) is 0 Å². The molecule has 1 aromatic carbocycles. The quantitative estimate of drug-likeness (QED) is 0.847. The highest BCUT2D eigenvalue weighted by atomic mass is 19.1. The molecular weight excluding hydrogens is 233 g/mol. The van der Waals surface area contributed by atoms with Crippen LogP contribution in [-0.2, 0) is 4.74 Å². The van der Waals surface area contributed by atoms with Crippen LogP contribution in [0.3, 0.4) is 0 Å². The maximum Gasteiger partial charge on any atom is 0.126 e. The number of rotatable bonds is 6. The van der Waals surface area contributed by atoms with E-state index in [1.807, 2.05) is 20.9 Å². The largest absolute Gasteiger partial charge is 0.492 e. The second kappa shape index (κ2) is 6.16. The third kappa shape index (κ3) is 3.68. The van der Waals surface area contributed by atoms with Crippen LogP contribution in [0.15, 0.2) is 18.2 Å². The zero-order valence-electron chi connectivity index (χ0n) is 11.7. The number of halogens is 1. The Morgan fingerprint density at radius 1 is 1.39 bits per heavy atom. The Balaban J connectivity index is 2.65. The highest BCUT2D eigenvalue weighted by Gasteiger charge is 2.28. The summed E-state index contributed by atoms with van der Waals surface area (Å²) in [5, 5.41) is 3.17. The Kier molecular flexibility index (Phi) is 5.11. The van der Waals surface area contributed by atoms with Gasteiger partial charge in [0.25, 0.3) is 0 Å². The van der Waals surface area contributed by atoms with E-state index in [2.05, 4.69) is 5.32 Å². The molecule has 102 valence electrons. The zero-order chi connectivity index (χ0) is 13.8. The summed E-state index contributed by atoms with van der Waals surface area (Å²) in [5.41, 5.74) is 0.253. The van der Waals surface area contributed by atoms with Crippen molar-refractivity contribution in [2.24, 2.45) is 0 Å². The minimum Gasteiger partial charge on any atom is -0.492 e. The second-order valence-corrected chi connectivity index (χ2v) is 4.87. The van der Waals surface area contributed by atoms with Crippen LogP contribution in [-0.4, -0.2) is 32.4 Å². The molecule has 0 saturated carbocycles. The lowest BCUT2D eigenvalue weighted by atomic mass is 9.99. The summed E-state index contributed by atoms with van der Waals surface area (Å²) in [6.45, 7) is 6.17. The molecule has 4 heteroatoms. The molecule has 0 fully saturated rings. The van der Waals surface area contributed by atoms with E-state index in [0.29, 0.717) is 17.9 Å². The third-order valence-electron chi connectivity index (χ3n) is 3.26. The molecule has 0 aliphatic rings. The van der Waals surface area contributed by atoms with Crippen molar-refractivity contribution in [3.05, 3.63) is 29.6 Å². The van der Waals surface area contributed by atoms with Crippen LogP contribution in [0.1, 0.15) is 19.4 Å². The molecular formula is C14H22FNO2. The molecule has 0 amide bonds. The summed E-state index contributed by atoms with van der Waals surface area (Å²) < 4.78 is 24.2. The summed E-state index contributed by atoms with van der Waals surface area (Å²) in [5.74, 6) is 0.450. The Morgan fingerprint density at radius 2 is 2.06 bits per heavy atom. The average molecular weight is 255 g/mol. The molecule has 0 heterocycles. The van der Waals surface area contributed by atoms with Gasteiger partial charge in [-0.15, -0.1) is 0 Å². The number of benzene rings is 1. The number of methoxy groups -OCH3 is 1. The minimum absolute atomic E-state index is 0.0489. The van der Waals surface area contributed by atoms with Gasteiger partial charge in [0, 0.05) is 7.11 Å². The highest BCUT2D eigenvalue weighted by Crippen LogP contribution is 2.18. The third-order valence-corrected chi connectivity index (χ3v) is 3.26. The van der Waals surface area contributed by atoms with Gasteiger partial charge in [-0.05, 0) is 51.6 Å². The first-order chi connectivity index (χ1) is 8.40. The van der Waals surface area contributed by atoms with E-state index in [1.54, 1.807) is 26.2 Å². The van der Waals surface area contributed by atoms with Crippen LogP contribution >= 0.6 is 0 Å². The Labute approximate surface area is 108 Å². The molecule has 18 heavy (non-hydrogen) atoms. The molecule has 0 aliphatic carbocycles. The van der Waals surface area contributed by atoms with E-state index < -0.39 is 0 Å². The van der Waals surface area contributed by atoms with Gasteiger partial charge in [-0.2, -0.15) is 0 Å². The van der Waals surface area contributed by atoms with Gasteiger partial charge in [0.2, 0.25) is 0 Å². The van der Waals surface area contributed by atoms with Crippen LogP contribution in [0.2, 0.25) is 0 Å². The second-order valence-electron chi connectivity index (χ2n) is 4.87. The summed E-state index contributed by atoms with van der Waals surface area (Å²) in [7, 11) is 3.54. The van der Waals surface area contributed by atoms with Gasteiger partial charge in [-0.25, -0.2) is 4.39 Å². The molecule has 0 saturated heterocycles. The number of likely N-dealkylation sites (N-methyl/N-ethyl adjacent to an activating group) is 1. The van der Waals surface area contributed by atoms with E-state index in [0.717, 1.165) is 0 Å². The molecule has 1 unspecified atom stereocenters. The maximum absolute atomic E-state index is 13.1. The Hall–Kier alpha value is -1.13. The van der Waals surface area contributed by atoms with E-state index in [9.17, 15) is 4.39 Å². The SMILES string of the molecule is CNC(COc1ccc(F)c(C)c1)C(C)(C)OC. The predicted molar refractivity (Wildman–Crippen MR) is 70.6 cm³/mol. The molecule has 0 radical (unpaired) electrons. The number of hydrogen-bond acceptors (Lipinski definition) is 3. The van der Waals surface area contributed by atoms with Gasteiger partial charge >= 0.3 is 0 Å². The molecule has 1 aromatic rings. The monoisotopic (exact) mass is 255 g/mol. The number of aryl methyl sites for hydroxylation is 1. The van der Waals surface area contributed by atoms with Crippen molar-refractivity contribution in [3.63, 3.8) is 0 Å². The van der Waals surface area contributed by atoms with Crippen molar-refractivity contribution >= 4 is 0 Å². The Morgan fingerprint density at radius 3 is 2.56 bits per heavy atom. The van der Waals surface area contributed by atoms with Gasteiger partial charge < -0.3 is 14.8 Å². The zero-order valence-corrected chi connectivity index (χ0v) is 11.7. The lowest BCUT2D eigenvalue weighted by Crippen LogP contribution is -2.50. The summed E-state index contributed by atoms with van der Waals surface area (Å²) >= 11 is 0. The first-order valence-electron chi connectivity index (χ1n) is 6.02. The van der Waals surface area contributed by atoms with Gasteiger partial charge in [-0.1, -0.05) is 0 Å². The van der Waals surface area contributed by atoms with Crippen molar-refractivity contribution in [1.29, 1.82) is 0 Å². The fourth-order valence-corrected chi connectivity index (χ4v) is 1.66. The van der Waals surface area contributed by atoms with Gasteiger partial charge in [0.05, 0.1) is 11.6 Å². The van der Waals surface area contributed by atoms with Crippen LogP contribution < -0.4 is 10.1 Å². The van der Waals surface area contributed by atoms with Crippen molar-refractivity contribution in [1.82, 2.24) is 5.32 Å². The minimum atomic E-state index is -0.330. The molecule has 1 atom stereocenters. The van der Waals surface area contributed by atoms with E-state index in [4.69, 9.17) is 9.47 Å². The average Bonchev–Trinajstić information content (AvgIpc) is 2.34. The van der Waals surface area contributed by atoms with Crippen molar-refractivity contribution in [2.75, 3.05) is 20.8 Å². The number of ether oxygens (including phenoxy) is 2. The van der Waals surface area contributed by atoms with Crippen LogP contribution in [0.5, 0.6) is 5.75 Å². The van der Waals surface area contributed by atoms with Crippen LogP contribution in [0.25, 0.3) is 0 Å². The van der Waals surface area contributed by atoms with E-state index >= 15 is 0 Å². The molecule has 3 nitrogen and oxygen atoms in total. The fourth-order valence-electron chi connectivity index (χ4n) is 1.66. The summed E-state index contributed by atoms with van der Waals surface area (Å²) in [6, 6.07) is 4.80. The molecule has 0 aliphatic heterocycles. The molecule has 0 bridgehead atoms. The number of nitrogens with one attached hydrogen (secondary N) is 1. The predicted octanol–water partition coefficient (Wildman–Crippen LogP) is 2.53. The normalized spacial score (nSPS) is 13.4. The van der Waals surface area contributed by atoms with Crippen molar-refractivity contribution in [2.45, 2.75) is 32.4 Å². The van der Waals surface area contributed by atoms with E-state index in [-0.39, 0.29) is 17.5 Å². The molecule has 0 aromatic heterocycles. The lowest BCUT2D eigenvalue weighted by molar-refractivity contribution is -0.0204. The Bertz CT molecular complexity index is 393. The molecule has 1 N–H and O–H groups in total. The topological polar surface area (TPSA) is 30.5 Å². The summed E-state index contributed by atoms with van der Waals surface area (Å²) in [6.07, 6.45) is 0. The van der Waals surface area contributed by atoms with E-state index in [1.165, 1.54) is 6.07 Å². The smallest absolute Gasteiger partial charge is 0.126 e. The summed E-state index contributed by atoms with van der Waals surface area (Å²) in [4.78, 5) is 0. The molecule has 0 spiro atoms. The first-order valence-corrected chi connectivity index (χ1v) is 6.02. The first kappa shape index (κ1) is 14.9. The maximum atomic E-state index is 13.1.